The molecule has 1 N–H and O–H groups in total. The summed E-state index contributed by atoms with van der Waals surface area (Å²) in [6.07, 6.45) is 2.47. The summed E-state index contributed by atoms with van der Waals surface area (Å²) >= 11 is 1.44. The Hall–Kier alpha value is -2.73. The molecule has 0 bridgehead atoms. The average molecular weight is 367 g/mol. The Morgan fingerprint density at radius 2 is 2.15 bits per heavy atom. The third kappa shape index (κ3) is 2.97. The number of carbonyl (C=O) groups is 1. The van der Waals surface area contributed by atoms with Gasteiger partial charge in [-0.3, -0.25) is 4.79 Å². The third-order valence-corrected chi connectivity index (χ3v) is 5.82. The SMILES string of the molecule is Cc1cccnc1NC(=O)c1cc2c(s1)-c1ccc(F)cc1N(C)CC2. The van der Waals surface area contributed by atoms with Gasteiger partial charge in [-0.1, -0.05) is 6.07 Å². The second kappa shape index (κ2) is 6.53. The molecular formula is C20H18FN3OS. The molecule has 0 saturated carbocycles. The zero-order chi connectivity index (χ0) is 18.3. The van der Waals surface area contributed by atoms with Crippen molar-refractivity contribution in [3.8, 4) is 10.4 Å². The lowest BCUT2D eigenvalue weighted by atomic mass is 10.1. The second-order valence-corrected chi connectivity index (χ2v) is 7.47. The number of halogens is 1. The normalized spacial score (nSPS) is 13.0. The molecule has 1 aliphatic rings. The molecule has 3 aromatic rings. The molecule has 1 amide bonds. The number of nitrogens with zero attached hydrogens (tertiary/aromatic N) is 2. The molecule has 2 aromatic heterocycles. The Labute approximate surface area is 155 Å². The topological polar surface area (TPSA) is 45.2 Å². The zero-order valence-corrected chi connectivity index (χ0v) is 15.4. The quantitative estimate of drug-likeness (QED) is 0.725. The van der Waals surface area contributed by atoms with Gasteiger partial charge in [-0.05, 0) is 54.8 Å². The maximum atomic E-state index is 13.7. The molecule has 0 spiro atoms. The van der Waals surface area contributed by atoms with E-state index in [0.717, 1.165) is 40.2 Å². The van der Waals surface area contributed by atoms with Crippen molar-refractivity contribution in [1.82, 2.24) is 4.98 Å². The Morgan fingerprint density at radius 1 is 1.31 bits per heavy atom. The van der Waals surface area contributed by atoms with Crippen molar-refractivity contribution < 1.29 is 9.18 Å². The van der Waals surface area contributed by atoms with Gasteiger partial charge in [0.05, 0.1) is 4.88 Å². The number of anilines is 2. The van der Waals surface area contributed by atoms with Crippen LogP contribution in [-0.4, -0.2) is 24.5 Å². The van der Waals surface area contributed by atoms with Crippen molar-refractivity contribution in [2.45, 2.75) is 13.3 Å². The lowest BCUT2D eigenvalue weighted by Gasteiger charge is -2.19. The van der Waals surface area contributed by atoms with Crippen LogP contribution < -0.4 is 10.2 Å². The van der Waals surface area contributed by atoms with Crippen LogP contribution >= 0.6 is 11.3 Å². The summed E-state index contributed by atoms with van der Waals surface area (Å²) in [5, 5.41) is 2.88. The van der Waals surface area contributed by atoms with Crippen LogP contribution in [0, 0.1) is 12.7 Å². The first-order valence-corrected chi connectivity index (χ1v) is 9.21. The van der Waals surface area contributed by atoms with Crippen molar-refractivity contribution in [3.63, 3.8) is 0 Å². The molecule has 0 atom stereocenters. The fourth-order valence-corrected chi connectivity index (χ4v) is 4.30. The number of aryl methyl sites for hydroxylation is 1. The summed E-state index contributed by atoms with van der Waals surface area (Å²) in [5.41, 5.74) is 3.87. The number of benzene rings is 1. The van der Waals surface area contributed by atoms with Crippen molar-refractivity contribution in [1.29, 1.82) is 0 Å². The van der Waals surface area contributed by atoms with Gasteiger partial charge in [0.15, 0.2) is 0 Å². The number of hydrogen-bond donors (Lipinski definition) is 1. The monoisotopic (exact) mass is 367 g/mol. The zero-order valence-electron chi connectivity index (χ0n) is 14.5. The van der Waals surface area contributed by atoms with Crippen LogP contribution in [0.4, 0.5) is 15.9 Å². The van der Waals surface area contributed by atoms with Gasteiger partial charge in [-0.25, -0.2) is 9.37 Å². The molecule has 132 valence electrons. The number of amides is 1. The number of rotatable bonds is 2. The Bertz CT molecular complexity index is 998. The Morgan fingerprint density at radius 3 is 2.96 bits per heavy atom. The van der Waals surface area contributed by atoms with E-state index in [-0.39, 0.29) is 11.7 Å². The van der Waals surface area contributed by atoms with Crippen molar-refractivity contribution in [3.05, 3.63) is 64.4 Å². The maximum absolute atomic E-state index is 13.7. The first-order chi connectivity index (χ1) is 12.5. The minimum atomic E-state index is -0.251. The summed E-state index contributed by atoms with van der Waals surface area (Å²) in [6.45, 7) is 2.69. The Balaban J connectivity index is 1.71. The van der Waals surface area contributed by atoms with E-state index in [1.54, 1.807) is 18.3 Å². The van der Waals surface area contributed by atoms with Crippen LogP contribution in [0.15, 0.2) is 42.6 Å². The molecule has 0 unspecified atom stereocenters. The van der Waals surface area contributed by atoms with Gasteiger partial charge >= 0.3 is 0 Å². The number of aromatic nitrogens is 1. The number of nitrogens with one attached hydrogen (secondary N) is 1. The molecule has 3 heterocycles. The molecule has 6 heteroatoms. The van der Waals surface area contributed by atoms with E-state index in [2.05, 4.69) is 15.2 Å². The molecule has 0 radical (unpaired) electrons. The van der Waals surface area contributed by atoms with E-state index in [4.69, 9.17) is 0 Å². The first kappa shape index (κ1) is 16.7. The van der Waals surface area contributed by atoms with Gasteiger partial charge in [0.1, 0.15) is 11.6 Å². The largest absolute Gasteiger partial charge is 0.374 e. The number of likely N-dealkylation sites (N-methyl/N-ethyl adjacent to an activating group) is 1. The van der Waals surface area contributed by atoms with Crippen LogP contribution in [0.3, 0.4) is 0 Å². The van der Waals surface area contributed by atoms with Crippen LogP contribution in [-0.2, 0) is 6.42 Å². The summed E-state index contributed by atoms with van der Waals surface area (Å²) in [5.74, 6) is 0.157. The summed E-state index contributed by atoms with van der Waals surface area (Å²) < 4.78 is 13.7. The van der Waals surface area contributed by atoms with Crippen LogP contribution in [0.25, 0.3) is 10.4 Å². The molecule has 0 fully saturated rings. The molecule has 26 heavy (non-hydrogen) atoms. The number of carbonyl (C=O) groups excluding carboxylic acids is 1. The standard InChI is InChI=1S/C20H18FN3OS/c1-12-4-3-8-22-19(12)23-20(25)17-10-13-7-9-24(2)16-11-14(21)5-6-15(16)18(13)26-17/h3-6,8,10-11H,7,9H2,1-2H3,(H,22,23,25). The van der Waals surface area contributed by atoms with E-state index in [1.807, 2.05) is 32.2 Å². The predicted molar refractivity (Wildman–Crippen MR) is 104 cm³/mol. The fourth-order valence-electron chi connectivity index (χ4n) is 3.16. The molecule has 4 rings (SSSR count). The van der Waals surface area contributed by atoms with E-state index in [0.29, 0.717) is 10.7 Å². The van der Waals surface area contributed by atoms with Gasteiger partial charge in [0.25, 0.3) is 5.91 Å². The van der Waals surface area contributed by atoms with E-state index < -0.39 is 0 Å². The first-order valence-electron chi connectivity index (χ1n) is 8.39. The van der Waals surface area contributed by atoms with Crippen molar-refractivity contribution in [2.24, 2.45) is 0 Å². The molecular weight excluding hydrogens is 349 g/mol. The maximum Gasteiger partial charge on any atom is 0.266 e. The van der Waals surface area contributed by atoms with Crippen LogP contribution in [0.1, 0.15) is 20.8 Å². The highest BCUT2D eigenvalue weighted by Crippen LogP contribution is 2.41. The minimum Gasteiger partial charge on any atom is -0.374 e. The van der Waals surface area contributed by atoms with Gasteiger partial charge in [0.2, 0.25) is 0 Å². The van der Waals surface area contributed by atoms with Gasteiger partial charge in [-0.2, -0.15) is 0 Å². The van der Waals surface area contributed by atoms with Crippen molar-refractivity contribution >= 4 is 28.7 Å². The van der Waals surface area contributed by atoms with Crippen LogP contribution in [0.5, 0.6) is 0 Å². The molecule has 0 aliphatic carbocycles. The summed E-state index contributed by atoms with van der Waals surface area (Å²) in [6, 6.07) is 10.5. The van der Waals surface area contributed by atoms with Crippen LogP contribution in [0.2, 0.25) is 0 Å². The average Bonchev–Trinajstić information content (AvgIpc) is 3.01. The summed E-state index contributed by atoms with van der Waals surface area (Å²) in [4.78, 5) is 20.6. The Kier molecular flexibility index (Phi) is 4.20. The van der Waals surface area contributed by atoms with E-state index in [1.165, 1.54) is 17.4 Å². The number of hydrogen-bond acceptors (Lipinski definition) is 4. The molecule has 0 saturated heterocycles. The highest BCUT2D eigenvalue weighted by molar-refractivity contribution is 7.17. The highest BCUT2D eigenvalue weighted by Gasteiger charge is 2.23. The minimum absolute atomic E-state index is 0.165. The second-order valence-electron chi connectivity index (χ2n) is 6.42. The number of pyridine rings is 1. The number of thiophene rings is 1. The van der Waals surface area contributed by atoms with Gasteiger partial charge < -0.3 is 10.2 Å². The van der Waals surface area contributed by atoms with E-state index in [9.17, 15) is 9.18 Å². The predicted octanol–water partition coefficient (Wildman–Crippen LogP) is 4.50. The number of fused-ring (bicyclic) bond motifs is 3. The smallest absolute Gasteiger partial charge is 0.266 e. The van der Waals surface area contributed by atoms with E-state index >= 15 is 0 Å². The summed E-state index contributed by atoms with van der Waals surface area (Å²) in [7, 11) is 1.96. The van der Waals surface area contributed by atoms with Gasteiger partial charge in [0, 0.05) is 35.9 Å². The molecule has 1 aliphatic heterocycles. The molecule has 1 aromatic carbocycles. The highest BCUT2D eigenvalue weighted by atomic mass is 32.1. The lowest BCUT2D eigenvalue weighted by Crippen LogP contribution is -2.19. The van der Waals surface area contributed by atoms with Gasteiger partial charge in [-0.15, -0.1) is 11.3 Å². The fraction of sp³-hybridized carbons (Fsp3) is 0.200. The lowest BCUT2D eigenvalue weighted by molar-refractivity contribution is 0.103. The van der Waals surface area contributed by atoms with Crippen molar-refractivity contribution in [2.75, 3.05) is 23.8 Å². The molecule has 4 nitrogen and oxygen atoms in total. The third-order valence-electron chi connectivity index (χ3n) is 4.61.